The van der Waals surface area contributed by atoms with Crippen LogP contribution in [0, 0.1) is 10.1 Å². The van der Waals surface area contributed by atoms with Crippen molar-refractivity contribution >= 4 is 17.3 Å². The lowest BCUT2D eigenvalue weighted by Crippen LogP contribution is -2.14. The van der Waals surface area contributed by atoms with E-state index in [4.69, 9.17) is 16.3 Å². The molecular formula is C10H13ClN2O3. The van der Waals surface area contributed by atoms with E-state index >= 15 is 0 Å². The Bertz CT molecular complexity index is 371. The molecule has 1 rings (SSSR count). The first-order valence-electron chi connectivity index (χ1n) is 4.80. The van der Waals surface area contributed by atoms with Crippen LogP contribution in [0.3, 0.4) is 0 Å². The Morgan fingerprint density at radius 2 is 2.31 bits per heavy atom. The highest BCUT2D eigenvalue weighted by Gasteiger charge is 2.12. The van der Waals surface area contributed by atoms with Gasteiger partial charge in [-0.05, 0) is 18.7 Å². The van der Waals surface area contributed by atoms with Crippen LogP contribution >= 0.6 is 11.6 Å². The smallest absolute Gasteiger partial charge is 0.288 e. The second-order valence-corrected chi connectivity index (χ2v) is 3.61. The van der Waals surface area contributed by atoms with E-state index in [1.54, 1.807) is 6.07 Å². The standard InChI is InChI=1S/C10H13ClN2O3/c1-12-4-5-16-7-8-2-3-9(11)10(6-8)13(14)15/h2-3,6,12H,4-5,7H2,1H3. The molecular weight excluding hydrogens is 232 g/mol. The highest BCUT2D eigenvalue weighted by molar-refractivity contribution is 6.32. The Labute approximate surface area is 98.5 Å². The minimum absolute atomic E-state index is 0.0867. The summed E-state index contributed by atoms with van der Waals surface area (Å²) in [6.07, 6.45) is 0. The lowest BCUT2D eigenvalue weighted by Gasteiger charge is -2.04. The quantitative estimate of drug-likeness (QED) is 0.472. The van der Waals surface area contributed by atoms with Crippen molar-refractivity contribution in [1.29, 1.82) is 0 Å². The maximum Gasteiger partial charge on any atom is 0.288 e. The summed E-state index contributed by atoms with van der Waals surface area (Å²) in [4.78, 5) is 10.1. The molecule has 0 unspecified atom stereocenters. The molecule has 0 saturated carbocycles. The first-order chi connectivity index (χ1) is 7.65. The van der Waals surface area contributed by atoms with Gasteiger partial charge < -0.3 is 10.1 Å². The number of nitrogens with one attached hydrogen (secondary N) is 1. The molecule has 0 aliphatic carbocycles. The monoisotopic (exact) mass is 244 g/mol. The summed E-state index contributed by atoms with van der Waals surface area (Å²) in [5.41, 5.74) is 0.656. The van der Waals surface area contributed by atoms with Gasteiger partial charge in [-0.15, -0.1) is 0 Å². The summed E-state index contributed by atoms with van der Waals surface area (Å²) in [6, 6.07) is 4.66. The molecule has 0 aliphatic rings. The molecule has 1 aromatic rings. The van der Waals surface area contributed by atoms with Crippen molar-refractivity contribution in [3.63, 3.8) is 0 Å². The Balaban J connectivity index is 2.61. The van der Waals surface area contributed by atoms with Crippen LogP contribution in [0.5, 0.6) is 0 Å². The number of nitrogens with zero attached hydrogens (tertiary/aromatic N) is 1. The van der Waals surface area contributed by atoms with E-state index < -0.39 is 4.92 Å². The minimum Gasteiger partial charge on any atom is -0.375 e. The first-order valence-corrected chi connectivity index (χ1v) is 5.18. The Morgan fingerprint density at radius 3 is 2.94 bits per heavy atom. The largest absolute Gasteiger partial charge is 0.375 e. The van der Waals surface area contributed by atoms with Gasteiger partial charge in [-0.3, -0.25) is 10.1 Å². The van der Waals surface area contributed by atoms with Gasteiger partial charge in [0.2, 0.25) is 0 Å². The lowest BCUT2D eigenvalue weighted by atomic mass is 10.2. The van der Waals surface area contributed by atoms with E-state index in [0.29, 0.717) is 13.2 Å². The second-order valence-electron chi connectivity index (χ2n) is 3.20. The molecule has 0 heterocycles. The zero-order valence-electron chi connectivity index (χ0n) is 8.90. The number of benzene rings is 1. The molecule has 0 fully saturated rings. The van der Waals surface area contributed by atoms with Gasteiger partial charge in [0.1, 0.15) is 5.02 Å². The number of hydrogen-bond donors (Lipinski definition) is 1. The van der Waals surface area contributed by atoms with Gasteiger partial charge in [-0.25, -0.2) is 0 Å². The van der Waals surface area contributed by atoms with Gasteiger partial charge in [0, 0.05) is 12.6 Å². The van der Waals surface area contributed by atoms with Crippen molar-refractivity contribution in [2.75, 3.05) is 20.2 Å². The van der Waals surface area contributed by atoms with Crippen molar-refractivity contribution in [1.82, 2.24) is 5.32 Å². The molecule has 88 valence electrons. The van der Waals surface area contributed by atoms with Gasteiger partial charge in [0.25, 0.3) is 5.69 Å². The molecule has 1 N–H and O–H groups in total. The average Bonchev–Trinajstić information content (AvgIpc) is 2.26. The molecule has 0 aliphatic heterocycles. The fourth-order valence-electron chi connectivity index (χ4n) is 1.15. The molecule has 0 amide bonds. The number of halogens is 1. The molecule has 0 saturated heterocycles. The zero-order valence-corrected chi connectivity index (χ0v) is 9.66. The maximum absolute atomic E-state index is 10.6. The zero-order chi connectivity index (χ0) is 12.0. The highest BCUT2D eigenvalue weighted by atomic mass is 35.5. The minimum atomic E-state index is -0.501. The fraction of sp³-hybridized carbons (Fsp3) is 0.400. The predicted octanol–water partition coefficient (Wildman–Crippen LogP) is 1.98. The molecule has 5 nitrogen and oxygen atoms in total. The predicted molar refractivity (Wildman–Crippen MR) is 61.7 cm³/mol. The van der Waals surface area contributed by atoms with Crippen LogP contribution in [0.25, 0.3) is 0 Å². The van der Waals surface area contributed by atoms with Crippen molar-refractivity contribution in [3.05, 3.63) is 38.9 Å². The molecule has 0 radical (unpaired) electrons. The van der Waals surface area contributed by atoms with Crippen LogP contribution in [-0.2, 0) is 11.3 Å². The van der Waals surface area contributed by atoms with Crippen molar-refractivity contribution in [2.45, 2.75) is 6.61 Å². The van der Waals surface area contributed by atoms with Crippen LogP contribution in [0.1, 0.15) is 5.56 Å². The summed E-state index contributed by atoms with van der Waals surface area (Å²) in [5.74, 6) is 0. The Kier molecular flexibility index (Phi) is 5.18. The van der Waals surface area contributed by atoms with Crippen molar-refractivity contribution in [2.24, 2.45) is 0 Å². The number of nitro groups is 1. The third-order valence-electron chi connectivity index (χ3n) is 1.97. The average molecular weight is 245 g/mol. The van der Waals surface area contributed by atoms with Crippen molar-refractivity contribution in [3.8, 4) is 0 Å². The molecule has 16 heavy (non-hydrogen) atoms. The summed E-state index contributed by atoms with van der Waals surface area (Å²) >= 11 is 5.68. The van der Waals surface area contributed by atoms with Crippen LogP contribution in [0.15, 0.2) is 18.2 Å². The Hall–Kier alpha value is -1.17. The Morgan fingerprint density at radius 1 is 1.56 bits per heavy atom. The van der Waals surface area contributed by atoms with Gasteiger partial charge in [0.05, 0.1) is 18.1 Å². The van der Waals surface area contributed by atoms with Gasteiger partial charge in [-0.1, -0.05) is 17.7 Å². The van der Waals surface area contributed by atoms with Gasteiger partial charge in [-0.2, -0.15) is 0 Å². The van der Waals surface area contributed by atoms with Crippen LogP contribution in [-0.4, -0.2) is 25.1 Å². The summed E-state index contributed by atoms with van der Waals surface area (Å²) < 4.78 is 5.31. The molecule has 0 atom stereocenters. The molecule has 6 heteroatoms. The van der Waals surface area contributed by atoms with Gasteiger partial charge >= 0.3 is 0 Å². The third kappa shape index (κ3) is 3.77. The van der Waals surface area contributed by atoms with Crippen molar-refractivity contribution < 1.29 is 9.66 Å². The van der Waals surface area contributed by atoms with E-state index in [1.807, 2.05) is 7.05 Å². The number of ether oxygens (including phenoxy) is 1. The lowest BCUT2D eigenvalue weighted by molar-refractivity contribution is -0.384. The number of rotatable bonds is 6. The molecule has 0 bridgehead atoms. The number of nitro benzene ring substituents is 1. The van der Waals surface area contributed by atoms with E-state index in [-0.39, 0.29) is 10.7 Å². The van der Waals surface area contributed by atoms with Crippen LogP contribution in [0.4, 0.5) is 5.69 Å². The summed E-state index contributed by atoms with van der Waals surface area (Å²) in [5, 5.41) is 13.7. The van der Waals surface area contributed by atoms with Crippen LogP contribution < -0.4 is 5.32 Å². The van der Waals surface area contributed by atoms with Gasteiger partial charge in [0.15, 0.2) is 0 Å². The SMILES string of the molecule is CNCCOCc1ccc(Cl)c([N+](=O)[O-])c1. The van der Waals surface area contributed by atoms with E-state index in [9.17, 15) is 10.1 Å². The second kappa shape index (κ2) is 6.42. The molecule has 0 aromatic heterocycles. The maximum atomic E-state index is 10.6. The third-order valence-corrected chi connectivity index (χ3v) is 2.29. The first kappa shape index (κ1) is 12.9. The highest BCUT2D eigenvalue weighted by Crippen LogP contribution is 2.25. The van der Waals surface area contributed by atoms with E-state index in [1.165, 1.54) is 12.1 Å². The normalized spacial score (nSPS) is 10.4. The summed E-state index contributed by atoms with van der Waals surface area (Å²) in [7, 11) is 1.83. The molecule has 0 spiro atoms. The van der Waals surface area contributed by atoms with E-state index in [0.717, 1.165) is 12.1 Å². The fourth-order valence-corrected chi connectivity index (χ4v) is 1.34. The number of hydrogen-bond acceptors (Lipinski definition) is 4. The van der Waals surface area contributed by atoms with Crippen LogP contribution in [0.2, 0.25) is 5.02 Å². The molecule has 1 aromatic carbocycles. The summed E-state index contributed by atoms with van der Waals surface area (Å²) in [6.45, 7) is 1.66. The van der Waals surface area contributed by atoms with E-state index in [2.05, 4.69) is 5.32 Å². The topological polar surface area (TPSA) is 64.4 Å². The number of likely N-dealkylation sites (N-methyl/N-ethyl adjacent to an activating group) is 1.